The number of rotatable bonds is 6. The quantitative estimate of drug-likeness (QED) is 0.812. The largest absolute Gasteiger partial charge is 0.495 e. The average molecular weight is 251 g/mol. The van der Waals surface area contributed by atoms with Gasteiger partial charge in [0, 0.05) is 6.42 Å². The number of anilines is 1. The molecule has 0 radical (unpaired) electrons. The molecule has 0 saturated carbocycles. The lowest BCUT2D eigenvalue weighted by atomic mass is 10.0. The first-order valence-electron chi connectivity index (χ1n) is 5.74. The lowest BCUT2D eigenvalue weighted by Crippen LogP contribution is -2.21. The Balaban J connectivity index is 2.67. The van der Waals surface area contributed by atoms with Crippen molar-refractivity contribution in [3.05, 3.63) is 24.3 Å². The first-order chi connectivity index (χ1) is 8.58. The Morgan fingerprint density at radius 3 is 2.61 bits per heavy atom. The number of hydrogen-bond donors (Lipinski definition) is 2. The molecule has 0 saturated heterocycles. The predicted octanol–water partition coefficient (Wildman–Crippen LogP) is 2.13. The molecule has 1 aromatic rings. The van der Waals surface area contributed by atoms with Gasteiger partial charge in [-0.1, -0.05) is 19.1 Å². The Kier molecular flexibility index (Phi) is 5.17. The lowest BCUT2D eigenvalue weighted by Gasteiger charge is -2.12. The van der Waals surface area contributed by atoms with Crippen molar-refractivity contribution >= 4 is 17.6 Å². The van der Waals surface area contributed by atoms with Crippen molar-refractivity contribution in [1.82, 2.24) is 0 Å². The van der Waals surface area contributed by atoms with E-state index in [1.54, 1.807) is 31.2 Å². The maximum atomic E-state index is 11.7. The molecule has 0 aromatic heterocycles. The van der Waals surface area contributed by atoms with Crippen LogP contribution in [0, 0.1) is 5.92 Å². The zero-order valence-electron chi connectivity index (χ0n) is 10.5. The fourth-order valence-corrected chi connectivity index (χ4v) is 1.58. The van der Waals surface area contributed by atoms with E-state index in [1.165, 1.54) is 7.11 Å². The SMILES string of the molecule is CCC(CC(=O)Nc1ccccc1OC)C(=O)O. The van der Waals surface area contributed by atoms with Crippen molar-refractivity contribution in [3.8, 4) is 5.75 Å². The van der Waals surface area contributed by atoms with E-state index in [1.807, 2.05) is 0 Å². The normalized spacial score (nSPS) is 11.7. The van der Waals surface area contributed by atoms with Gasteiger partial charge in [-0.25, -0.2) is 0 Å². The van der Waals surface area contributed by atoms with Gasteiger partial charge in [0.05, 0.1) is 18.7 Å². The third-order valence-corrected chi connectivity index (χ3v) is 2.65. The Labute approximate surface area is 106 Å². The number of carbonyl (C=O) groups is 2. The summed E-state index contributed by atoms with van der Waals surface area (Å²) in [7, 11) is 1.51. The van der Waals surface area contributed by atoms with E-state index in [4.69, 9.17) is 9.84 Å². The molecule has 1 atom stereocenters. The van der Waals surface area contributed by atoms with Crippen molar-refractivity contribution in [3.63, 3.8) is 0 Å². The summed E-state index contributed by atoms with van der Waals surface area (Å²) < 4.78 is 5.09. The summed E-state index contributed by atoms with van der Waals surface area (Å²) in [5.74, 6) is -1.38. The molecular formula is C13H17NO4. The molecule has 0 aliphatic rings. The van der Waals surface area contributed by atoms with Crippen LogP contribution in [0.1, 0.15) is 19.8 Å². The molecule has 2 N–H and O–H groups in total. The van der Waals surface area contributed by atoms with Gasteiger partial charge in [0.2, 0.25) is 5.91 Å². The zero-order valence-corrected chi connectivity index (χ0v) is 10.5. The summed E-state index contributed by atoms with van der Waals surface area (Å²) in [5.41, 5.74) is 0.547. The maximum Gasteiger partial charge on any atom is 0.307 e. The van der Waals surface area contributed by atoms with E-state index in [0.717, 1.165) is 0 Å². The third kappa shape index (κ3) is 3.76. The predicted molar refractivity (Wildman–Crippen MR) is 67.7 cm³/mol. The van der Waals surface area contributed by atoms with Gasteiger partial charge < -0.3 is 15.2 Å². The molecular weight excluding hydrogens is 234 g/mol. The molecule has 1 aromatic carbocycles. The van der Waals surface area contributed by atoms with Crippen LogP contribution in [0.15, 0.2) is 24.3 Å². The molecule has 98 valence electrons. The monoisotopic (exact) mass is 251 g/mol. The van der Waals surface area contributed by atoms with E-state index >= 15 is 0 Å². The Bertz CT molecular complexity index is 431. The fourth-order valence-electron chi connectivity index (χ4n) is 1.58. The standard InChI is InChI=1S/C13H17NO4/c1-3-9(13(16)17)8-12(15)14-10-6-4-5-7-11(10)18-2/h4-7,9H,3,8H2,1-2H3,(H,14,15)(H,16,17). The number of ether oxygens (including phenoxy) is 1. The van der Waals surface area contributed by atoms with Crippen molar-refractivity contribution in [1.29, 1.82) is 0 Å². The van der Waals surface area contributed by atoms with E-state index in [9.17, 15) is 9.59 Å². The van der Waals surface area contributed by atoms with Crippen LogP contribution in [0.3, 0.4) is 0 Å². The van der Waals surface area contributed by atoms with E-state index in [0.29, 0.717) is 17.9 Å². The summed E-state index contributed by atoms with van der Waals surface area (Å²) in [6, 6.07) is 7.00. The highest BCUT2D eigenvalue weighted by Crippen LogP contribution is 2.23. The van der Waals surface area contributed by atoms with Gasteiger partial charge in [-0.05, 0) is 18.6 Å². The minimum atomic E-state index is -0.951. The number of amides is 1. The molecule has 0 bridgehead atoms. The number of nitrogens with one attached hydrogen (secondary N) is 1. The smallest absolute Gasteiger partial charge is 0.307 e. The number of benzene rings is 1. The van der Waals surface area contributed by atoms with Crippen LogP contribution >= 0.6 is 0 Å². The van der Waals surface area contributed by atoms with Crippen LogP contribution in [0.25, 0.3) is 0 Å². The van der Waals surface area contributed by atoms with Crippen molar-refractivity contribution < 1.29 is 19.4 Å². The van der Waals surface area contributed by atoms with Crippen molar-refractivity contribution in [2.24, 2.45) is 5.92 Å². The number of aliphatic carboxylic acids is 1. The molecule has 1 unspecified atom stereocenters. The van der Waals surface area contributed by atoms with Gasteiger partial charge in [0.15, 0.2) is 0 Å². The van der Waals surface area contributed by atoms with Crippen LogP contribution in [-0.4, -0.2) is 24.1 Å². The molecule has 1 amide bonds. The van der Waals surface area contributed by atoms with E-state index < -0.39 is 11.9 Å². The molecule has 5 nitrogen and oxygen atoms in total. The highest BCUT2D eigenvalue weighted by Gasteiger charge is 2.19. The van der Waals surface area contributed by atoms with E-state index in [2.05, 4.69) is 5.32 Å². The Morgan fingerprint density at radius 1 is 1.39 bits per heavy atom. The minimum Gasteiger partial charge on any atom is -0.495 e. The van der Waals surface area contributed by atoms with Gasteiger partial charge in [-0.15, -0.1) is 0 Å². The number of carboxylic acid groups (broad SMARTS) is 1. The van der Waals surface area contributed by atoms with Crippen LogP contribution in [0.5, 0.6) is 5.75 Å². The van der Waals surface area contributed by atoms with Crippen molar-refractivity contribution in [2.75, 3.05) is 12.4 Å². The first-order valence-corrected chi connectivity index (χ1v) is 5.74. The molecule has 0 heterocycles. The summed E-state index contributed by atoms with van der Waals surface area (Å²) in [6.45, 7) is 1.75. The van der Waals surface area contributed by atoms with Gasteiger partial charge >= 0.3 is 5.97 Å². The fraction of sp³-hybridized carbons (Fsp3) is 0.385. The van der Waals surface area contributed by atoms with Crippen LogP contribution in [0.2, 0.25) is 0 Å². The number of para-hydroxylation sites is 2. The van der Waals surface area contributed by atoms with Gasteiger partial charge in [0.25, 0.3) is 0 Å². The summed E-state index contributed by atoms with van der Waals surface area (Å²) in [6.07, 6.45) is 0.387. The summed E-state index contributed by atoms with van der Waals surface area (Å²) >= 11 is 0. The second-order valence-corrected chi connectivity index (χ2v) is 3.90. The topological polar surface area (TPSA) is 75.6 Å². The number of hydrogen-bond acceptors (Lipinski definition) is 3. The minimum absolute atomic E-state index is 0.0378. The molecule has 18 heavy (non-hydrogen) atoms. The highest BCUT2D eigenvalue weighted by atomic mass is 16.5. The van der Waals surface area contributed by atoms with E-state index in [-0.39, 0.29) is 12.3 Å². The van der Waals surface area contributed by atoms with Crippen LogP contribution in [0.4, 0.5) is 5.69 Å². The first kappa shape index (κ1) is 14.0. The van der Waals surface area contributed by atoms with Crippen LogP contribution in [-0.2, 0) is 9.59 Å². The second-order valence-electron chi connectivity index (χ2n) is 3.90. The molecule has 5 heteroatoms. The molecule has 0 aliphatic carbocycles. The highest BCUT2D eigenvalue weighted by molar-refractivity contribution is 5.94. The third-order valence-electron chi connectivity index (χ3n) is 2.65. The molecule has 0 fully saturated rings. The zero-order chi connectivity index (χ0) is 13.5. The second kappa shape index (κ2) is 6.64. The number of methoxy groups -OCH3 is 1. The molecule has 0 aliphatic heterocycles. The number of carboxylic acids is 1. The number of carbonyl (C=O) groups excluding carboxylic acids is 1. The Morgan fingerprint density at radius 2 is 2.06 bits per heavy atom. The lowest BCUT2D eigenvalue weighted by molar-refractivity contribution is -0.143. The Hall–Kier alpha value is -2.04. The average Bonchev–Trinajstić information content (AvgIpc) is 2.36. The molecule has 0 spiro atoms. The molecule has 1 rings (SSSR count). The van der Waals surface area contributed by atoms with Gasteiger partial charge in [-0.2, -0.15) is 0 Å². The van der Waals surface area contributed by atoms with Crippen molar-refractivity contribution in [2.45, 2.75) is 19.8 Å². The maximum absolute atomic E-state index is 11.7. The van der Waals surface area contributed by atoms with Gasteiger partial charge in [-0.3, -0.25) is 9.59 Å². The summed E-state index contributed by atoms with van der Waals surface area (Å²) in [5, 5.41) is 11.5. The summed E-state index contributed by atoms with van der Waals surface area (Å²) in [4.78, 5) is 22.6. The van der Waals surface area contributed by atoms with Gasteiger partial charge in [0.1, 0.15) is 5.75 Å². The van der Waals surface area contributed by atoms with Crippen LogP contribution < -0.4 is 10.1 Å².